The summed E-state index contributed by atoms with van der Waals surface area (Å²) >= 11 is 0. The first kappa shape index (κ1) is 13.3. The highest BCUT2D eigenvalue weighted by Crippen LogP contribution is 2.44. The molecule has 0 unspecified atom stereocenters. The third-order valence-corrected chi connectivity index (χ3v) is 4.83. The van der Waals surface area contributed by atoms with Gasteiger partial charge in [-0.25, -0.2) is 4.39 Å². The van der Waals surface area contributed by atoms with Crippen LogP contribution >= 0.6 is 0 Å². The van der Waals surface area contributed by atoms with E-state index in [4.69, 9.17) is 0 Å². The lowest BCUT2D eigenvalue weighted by Crippen LogP contribution is -2.27. The minimum Gasteiger partial charge on any atom is -0.294 e. The summed E-state index contributed by atoms with van der Waals surface area (Å²) in [6, 6.07) is 10.4. The Balaban J connectivity index is 2.15. The molecule has 1 aliphatic carbocycles. The monoisotopic (exact) mass is 270 g/mol. The van der Waals surface area contributed by atoms with E-state index in [0.29, 0.717) is 10.9 Å². The number of hydrogen-bond donors (Lipinski definition) is 0. The fourth-order valence-electron chi connectivity index (χ4n) is 3.54. The molecule has 3 rings (SSSR count). The summed E-state index contributed by atoms with van der Waals surface area (Å²) < 4.78 is 13.9. The summed E-state index contributed by atoms with van der Waals surface area (Å²) in [6.45, 7) is 2.09. The maximum Gasteiger partial charge on any atom is 0.169 e. The van der Waals surface area contributed by atoms with E-state index in [-0.39, 0.29) is 17.0 Å². The zero-order chi connectivity index (χ0) is 14.2. The molecule has 104 valence electrons. The van der Waals surface area contributed by atoms with Gasteiger partial charge in [-0.3, -0.25) is 4.79 Å². The maximum atomic E-state index is 13.9. The number of fused-ring (bicyclic) bond motifs is 1. The minimum absolute atomic E-state index is 0.203. The van der Waals surface area contributed by atoms with Gasteiger partial charge in [-0.2, -0.15) is 0 Å². The van der Waals surface area contributed by atoms with E-state index in [1.54, 1.807) is 12.1 Å². The molecule has 0 radical (unpaired) electrons. The molecule has 0 saturated heterocycles. The summed E-state index contributed by atoms with van der Waals surface area (Å²) in [5.74, 6) is -0.0529. The molecule has 0 N–H and O–H groups in total. The van der Waals surface area contributed by atoms with Gasteiger partial charge in [0, 0.05) is 16.4 Å². The Kier molecular flexibility index (Phi) is 3.33. The van der Waals surface area contributed by atoms with Gasteiger partial charge in [-0.15, -0.1) is 0 Å². The number of carbonyl (C=O) groups is 1. The molecule has 0 bridgehead atoms. The van der Waals surface area contributed by atoms with Crippen molar-refractivity contribution in [2.24, 2.45) is 5.41 Å². The molecule has 1 nitrogen and oxygen atoms in total. The second kappa shape index (κ2) is 5.01. The van der Waals surface area contributed by atoms with Gasteiger partial charge in [0.1, 0.15) is 5.82 Å². The number of carbonyl (C=O) groups excluding carboxylic acids is 1. The van der Waals surface area contributed by atoms with Crippen LogP contribution in [0.15, 0.2) is 36.4 Å². The van der Waals surface area contributed by atoms with Gasteiger partial charge in [0.05, 0.1) is 0 Å². The third kappa shape index (κ3) is 1.94. The lowest BCUT2D eigenvalue weighted by molar-refractivity contribution is 0.0793. The van der Waals surface area contributed by atoms with Crippen LogP contribution in [-0.4, -0.2) is 5.78 Å². The van der Waals surface area contributed by atoms with Crippen LogP contribution in [0.3, 0.4) is 0 Å². The van der Waals surface area contributed by atoms with Crippen LogP contribution < -0.4 is 0 Å². The van der Waals surface area contributed by atoms with Gasteiger partial charge >= 0.3 is 0 Å². The van der Waals surface area contributed by atoms with E-state index in [1.165, 1.54) is 6.07 Å². The van der Waals surface area contributed by atoms with Crippen molar-refractivity contribution < 1.29 is 9.18 Å². The normalized spacial score (nSPS) is 17.5. The Morgan fingerprint density at radius 2 is 1.75 bits per heavy atom. The predicted octanol–water partition coefficient (Wildman–Crippen LogP) is 5.13. The Morgan fingerprint density at radius 3 is 2.40 bits per heavy atom. The van der Waals surface area contributed by atoms with Gasteiger partial charge in [-0.05, 0) is 36.8 Å². The quantitative estimate of drug-likeness (QED) is 0.706. The zero-order valence-electron chi connectivity index (χ0n) is 11.8. The molecule has 1 saturated carbocycles. The van der Waals surface area contributed by atoms with Gasteiger partial charge < -0.3 is 0 Å². The van der Waals surface area contributed by atoms with Gasteiger partial charge in [0.25, 0.3) is 0 Å². The van der Waals surface area contributed by atoms with Crippen LogP contribution in [0.2, 0.25) is 0 Å². The second-order valence-corrected chi connectivity index (χ2v) is 5.81. The maximum absolute atomic E-state index is 13.9. The van der Waals surface area contributed by atoms with Crippen molar-refractivity contribution in [2.45, 2.75) is 39.0 Å². The van der Waals surface area contributed by atoms with E-state index >= 15 is 0 Å². The topological polar surface area (TPSA) is 17.1 Å². The molecule has 0 atom stereocenters. The van der Waals surface area contributed by atoms with Crippen LogP contribution in [-0.2, 0) is 0 Å². The molecule has 0 amide bonds. The first-order chi connectivity index (χ1) is 9.68. The molecule has 20 heavy (non-hydrogen) atoms. The number of rotatable bonds is 3. The Bertz CT molecular complexity index is 654. The number of benzene rings is 2. The SMILES string of the molecule is CCC1(C(=O)c2ccc(F)c3ccccc23)CCCC1. The smallest absolute Gasteiger partial charge is 0.169 e. The van der Waals surface area contributed by atoms with Crippen LogP contribution in [0.1, 0.15) is 49.4 Å². The van der Waals surface area contributed by atoms with Crippen LogP contribution in [0.25, 0.3) is 10.8 Å². The fourth-order valence-corrected chi connectivity index (χ4v) is 3.54. The van der Waals surface area contributed by atoms with E-state index in [2.05, 4.69) is 6.92 Å². The summed E-state index contributed by atoms with van der Waals surface area (Å²) in [4.78, 5) is 13.0. The zero-order valence-corrected chi connectivity index (χ0v) is 11.8. The average Bonchev–Trinajstić information content (AvgIpc) is 2.97. The summed E-state index contributed by atoms with van der Waals surface area (Å²) in [6.07, 6.45) is 5.05. The lowest BCUT2D eigenvalue weighted by Gasteiger charge is -2.26. The third-order valence-electron chi connectivity index (χ3n) is 4.83. The molecule has 2 aromatic carbocycles. The first-order valence-electron chi connectivity index (χ1n) is 7.40. The summed E-state index contributed by atoms with van der Waals surface area (Å²) in [7, 11) is 0. The molecule has 1 aliphatic rings. The predicted molar refractivity (Wildman–Crippen MR) is 79.4 cm³/mol. The molecule has 0 aromatic heterocycles. The van der Waals surface area contributed by atoms with Crippen molar-refractivity contribution in [3.8, 4) is 0 Å². The lowest BCUT2D eigenvalue weighted by atomic mass is 9.76. The van der Waals surface area contributed by atoms with Crippen molar-refractivity contribution in [2.75, 3.05) is 0 Å². The first-order valence-corrected chi connectivity index (χ1v) is 7.40. The molecular formula is C18H19FO. The highest BCUT2D eigenvalue weighted by Gasteiger charge is 2.40. The second-order valence-electron chi connectivity index (χ2n) is 5.81. The van der Waals surface area contributed by atoms with Crippen molar-refractivity contribution >= 4 is 16.6 Å². The molecule has 1 fully saturated rings. The molecule has 2 heteroatoms. The minimum atomic E-state index is -0.255. The molecule has 0 spiro atoms. The van der Waals surface area contributed by atoms with E-state index in [9.17, 15) is 9.18 Å². The highest BCUT2D eigenvalue weighted by molar-refractivity contribution is 6.10. The molecule has 0 heterocycles. The number of Topliss-reactive ketones (excluding diaryl/α,β-unsaturated/α-hetero) is 1. The van der Waals surface area contributed by atoms with Crippen LogP contribution in [0.5, 0.6) is 0 Å². The Morgan fingerprint density at radius 1 is 1.10 bits per heavy atom. The van der Waals surface area contributed by atoms with Crippen LogP contribution in [0, 0.1) is 11.2 Å². The van der Waals surface area contributed by atoms with Crippen molar-refractivity contribution in [1.29, 1.82) is 0 Å². The largest absolute Gasteiger partial charge is 0.294 e. The average molecular weight is 270 g/mol. The van der Waals surface area contributed by atoms with Crippen molar-refractivity contribution in [3.63, 3.8) is 0 Å². The molecular weight excluding hydrogens is 251 g/mol. The number of ketones is 1. The summed E-state index contributed by atoms with van der Waals surface area (Å²) in [5.41, 5.74) is 0.464. The highest BCUT2D eigenvalue weighted by atomic mass is 19.1. The van der Waals surface area contributed by atoms with Crippen molar-refractivity contribution in [1.82, 2.24) is 0 Å². The van der Waals surface area contributed by atoms with Gasteiger partial charge in [0.15, 0.2) is 5.78 Å². The fraction of sp³-hybridized carbons (Fsp3) is 0.389. The van der Waals surface area contributed by atoms with Gasteiger partial charge in [0.2, 0.25) is 0 Å². The number of hydrogen-bond acceptors (Lipinski definition) is 1. The molecule has 0 aliphatic heterocycles. The van der Waals surface area contributed by atoms with E-state index < -0.39 is 0 Å². The molecule has 2 aromatic rings. The summed E-state index contributed by atoms with van der Waals surface area (Å²) in [5, 5.41) is 1.29. The Labute approximate surface area is 118 Å². The van der Waals surface area contributed by atoms with Crippen LogP contribution in [0.4, 0.5) is 4.39 Å². The van der Waals surface area contributed by atoms with Gasteiger partial charge in [-0.1, -0.05) is 44.0 Å². The van der Waals surface area contributed by atoms with E-state index in [1.807, 2.05) is 18.2 Å². The standard InChI is InChI=1S/C18H19FO/c1-2-18(11-5-6-12-18)17(20)15-9-10-16(19)14-8-4-3-7-13(14)15/h3-4,7-10H,2,5-6,11-12H2,1H3. The van der Waals surface area contributed by atoms with E-state index in [0.717, 1.165) is 37.5 Å². The Hall–Kier alpha value is -1.70. The number of halogens is 1. The van der Waals surface area contributed by atoms with Crippen molar-refractivity contribution in [3.05, 3.63) is 47.8 Å².